The maximum Gasteiger partial charge on any atom is 0.246 e. The van der Waals surface area contributed by atoms with Gasteiger partial charge in [-0.1, -0.05) is 21.6 Å². The first-order valence-corrected chi connectivity index (χ1v) is 20.5. The maximum atomic E-state index is 12.7. The SMILES string of the molecule is NCC(=O)NC1CSSC(CNCC(=O)NC(CS)C(=O)NCCOCCOCCOCCNC(=O)COCC(N)=O)NC(=O)CNC(=O)CNC(=O)CNC1=O. The van der Waals surface area contributed by atoms with Crippen LogP contribution in [-0.4, -0.2) is 187 Å². The Kier molecular flexibility index (Phi) is 28.7. The Hall–Kier alpha value is -3.96. The highest BCUT2D eigenvalue weighted by Gasteiger charge is 2.24. The van der Waals surface area contributed by atoms with Crippen molar-refractivity contribution in [1.82, 2.24) is 47.9 Å². The first-order valence-electron chi connectivity index (χ1n) is 17.5. The summed E-state index contributed by atoms with van der Waals surface area (Å²) in [6.45, 7) is -0.558. The highest BCUT2D eigenvalue weighted by Crippen LogP contribution is 2.26. The van der Waals surface area contributed by atoms with Gasteiger partial charge in [-0.3, -0.25) is 43.2 Å². The molecule has 9 amide bonds. The third-order valence-electron chi connectivity index (χ3n) is 6.68. The third-order valence-corrected chi connectivity index (χ3v) is 9.68. The topological polar surface area (TPSA) is 351 Å². The van der Waals surface area contributed by atoms with Crippen LogP contribution < -0.4 is 59.3 Å². The van der Waals surface area contributed by atoms with E-state index in [1.54, 1.807) is 0 Å². The molecule has 1 rings (SSSR count). The van der Waals surface area contributed by atoms with E-state index in [9.17, 15) is 43.2 Å². The van der Waals surface area contributed by atoms with Gasteiger partial charge in [0.05, 0.1) is 77.7 Å². The van der Waals surface area contributed by atoms with Gasteiger partial charge in [0.2, 0.25) is 53.2 Å². The molecule has 24 nitrogen and oxygen atoms in total. The van der Waals surface area contributed by atoms with E-state index in [1.165, 1.54) is 0 Å². The molecular weight excluding hydrogens is 819 g/mol. The Morgan fingerprint density at radius 1 is 0.772 bits per heavy atom. The normalized spacial score (nSPS) is 17.5. The predicted molar refractivity (Wildman–Crippen MR) is 209 cm³/mol. The average Bonchev–Trinajstić information content (AvgIpc) is 3.17. The van der Waals surface area contributed by atoms with Crippen molar-refractivity contribution in [3.63, 3.8) is 0 Å². The van der Waals surface area contributed by atoms with Gasteiger partial charge in [-0.15, -0.1) is 0 Å². The highest BCUT2D eigenvalue weighted by molar-refractivity contribution is 8.77. The van der Waals surface area contributed by atoms with Crippen LogP contribution in [0.4, 0.5) is 0 Å². The number of thiol groups is 1. The summed E-state index contributed by atoms with van der Waals surface area (Å²) in [5.74, 6) is -5.22. The van der Waals surface area contributed by atoms with Crippen LogP contribution in [0, 0.1) is 0 Å². The number of hydrogen-bond donors (Lipinski definition) is 12. The number of nitrogens with one attached hydrogen (secondary N) is 9. The second-order valence-corrected chi connectivity index (χ2v) is 14.4. The standard InChI is InChI=1S/C30H53N11O13S3/c31-9-22(43)40-20-18-56-57-28(41-26(47)13-37-23(44)11-36-24(45)12-38-30(20)50)14-33-10-25(46)39-19(17-55)29(49)35-2-4-52-6-8-53-7-5-51-3-1-34-27(48)16-54-15-21(32)42/h19-20,28,33,55H,1-18,31H2,(H2,32,42)(H,34,48)(H,35,49)(H,36,45)(H,37,44)(H,38,50)(H,39,46)(H,40,43)(H,41,47). The summed E-state index contributed by atoms with van der Waals surface area (Å²) >= 11 is 4.16. The lowest BCUT2D eigenvalue weighted by Gasteiger charge is -2.22. The second kappa shape index (κ2) is 32.0. The van der Waals surface area contributed by atoms with Crippen molar-refractivity contribution in [2.45, 2.75) is 17.5 Å². The van der Waals surface area contributed by atoms with Crippen LogP contribution in [0.15, 0.2) is 0 Å². The quantitative estimate of drug-likeness (QED) is 0.0230. The first kappa shape index (κ1) is 51.1. The summed E-state index contributed by atoms with van der Waals surface area (Å²) in [4.78, 5) is 108. The molecule has 57 heavy (non-hydrogen) atoms. The fraction of sp³-hybridized carbons (Fsp3) is 0.700. The second-order valence-electron chi connectivity index (χ2n) is 11.4. The molecule has 27 heteroatoms. The molecule has 324 valence electrons. The van der Waals surface area contributed by atoms with Crippen LogP contribution in [0.2, 0.25) is 0 Å². The summed E-state index contributed by atoms with van der Waals surface area (Å²) in [5.41, 5.74) is 10.3. The van der Waals surface area contributed by atoms with Gasteiger partial charge in [-0.2, -0.15) is 12.6 Å². The van der Waals surface area contributed by atoms with E-state index < -0.39 is 90.3 Å². The van der Waals surface area contributed by atoms with Gasteiger partial charge in [-0.05, 0) is 0 Å². The molecule has 0 radical (unpaired) electrons. The molecule has 1 fully saturated rings. The lowest BCUT2D eigenvalue weighted by molar-refractivity contribution is -0.130. The van der Waals surface area contributed by atoms with Crippen LogP contribution >= 0.6 is 34.2 Å². The number of carbonyl (C=O) groups is 9. The van der Waals surface area contributed by atoms with Crippen molar-refractivity contribution in [2.24, 2.45) is 11.5 Å². The number of hydrogen-bond acceptors (Lipinski definition) is 18. The van der Waals surface area contributed by atoms with E-state index in [4.69, 9.17) is 30.4 Å². The zero-order valence-electron chi connectivity index (χ0n) is 31.2. The average molecular weight is 872 g/mol. The smallest absolute Gasteiger partial charge is 0.246 e. The number of rotatable bonds is 25. The number of primary amides is 1. The molecule has 0 aromatic heterocycles. The molecule has 0 aliphatic carbocycles. The van der Waals surface area contributed by atoms with E-state index in [-0.39, 0.29) is 90.5 Å². The minimum atomic E-state index is -1.08. The molecule has 0 aromatic carbocycles. The van der Waals surface area contributed by atoms with Gasteiger partial charge in [0.15, 0.2) is 0 Å². The van der Waals surface area contributed by atoms with E-state index >= 15 is 0 Å². The Labute approximate surface area is 342 Å². The van der Waals surface area contributed by atoms with Crippen LogP contribution in [0.3, 0.4) is 0 Å². The zero-order chi connectivity index (χ0) is 42.3. The van der Waals surface area contributed by atoms with Crippen molar-refractivity contribution in [2.75, 3.05) is 117 Å². The minimum absolute atomic E-state index is 0.00208. The van der Waals surface area contributed by atoms with Gasteiger partial charge >= 0.3 is 0 Å². The Bertz CT molecular complexity index is 1320. The minimum Gasteiger partial charge on any atom is -0.377 e. The first-order chi connectivity index (χ1) is 27.3. The van der Waals surface area contributed by atoms with E-state index in [2.05, 4.69) is 60.5 Å². The van der Waals surface area contributed by atoms with Gasteiger partial charge in [-0.25, -0.2) is 0 Å². The fourth-order valence-corrected chi connectivity index (χ4v) is 6.69. The van der Waals surface area contributed by atoms with Gasteiger partial charge in [0.25, 0.3) is 0 Å². The number of amides is 9. The van der Waals surface area contributed by atoms with Crippen LogP contribution in [0.1, 0.15) is 0 Å². The molecule has 1 heterocycles. The predicted octanol–water partition coefficient (Wildman–Crippen LogP) is -7.60. The number of ether oxygens (including phenoxy) is 4. The lowest BCUT2D eigenvalue weighted by atomic mass is 10.3. The van der Waals surface area contributed by atoms with Crippen LogP contribution in [-0.2, 0) is 62.1 Å². The Morgan fingerprint density at radius 3 is 1.98 bits per heavy atom. The van der Waals surface area contributed by atoms with E-state index in [0.717, 1.165) is 21.6 Å². The van der Waals surface area contributed by atoms with Crippen molar-refractivity contribution >= 4 is 87.4 Å². The zero-order valence-corrected chi connectivity index (χ0v) is 33.7. The molecule has 0 saturated carbocycles. The fourth-order valence-electron chi connectivity index (χ4n) is 3.96. The van der Waals surface area contributed by atoms with Crippen molar-refractivity contribution < 1.29 is 62.1 Å². The summed E-state index contributed by atoms with van der Waals surface area (Å²) in [6, 6.07) is -2.04. The summed E-state index contributed by atoms with van der Waals surface area (Å²) in [7, 11) is 2.23. The largest absolute Gasteiger partial charge is 0.377 e. The molecule has 0 aromatic rings. The lowest BCUT2D eigenvalue weighted by Crippen LogP contribution is -2.52. The monoisotopic (exact) mass is 871 g/mol. The van der Waals surface area contributed by atoms with Crippen molar-refractivity contribution in [1.29, 1.82) is 0 Å². The Balaban J connectivity index is 2.38. The molecule has 1 aliphatic rings. The molecule has 0 spiro atoms. The van der Waals surface area contributed by atoms with Crippen LogP contribution in [0.5, 0.6) is 0 Å². The molecule has 0 bridgehead atoms. The maximum absolute atomic E-state index is 12.7. The van der Waals surface area contributed by atoms with E-state index in [0.29, 0.717) is 6.61 Å². The molecule has 3 unspecified atom stereocenters. The van der Waals surface area contributed by atoms with Crippen molar-refractivity contribution in [3.05, 3.63) is 0 Å². The van der Waals surface area contributed by atoms with Gasteiger partial charge in [0, 0.05) is 31.1 Å². The molecule has 3 atom stereocenters. The summed E-state index contributed by atoms with van der Waals surface area (Å²) in [5, 5.41) is 22.2. The van der Waals surface area contributed by atoms with Gasteiger partial charge < -0.3 is 78.3 Å². The Morgan fingerprint density at radius 2 is 1.37 bits per heavy atom. The molecule has 1 aliphatic heterocycles. The van der Waals surface area contributed by atoms with Gasteiger partial charge in [0.1, 0.15) is 25.3 Å². The molecule has 1 saturated heterocycles. The van der Waals surface area contributed by atoms with Crippen molar-refractivity contribution in [3.8, 4) is 0 Å². The highest BCUT2D eigenvalue weighted by atomic mass is 33.1. The number of nitrogens with two attached hydrogens (primary N) is 2. The van der Waals surface area contributed by atoms with E-state index in [1.807, 2.05) is 0 Å². The molecule has 13 N–H and O–H groups in total. The number of carbonyl (C=O) groups excluding carboxylic acids is 9. The molecular formula is C30H53N11O13S3. The third kappa shape index (κ3) is 27.3. The van der Waals surface area contributed by atoms with Crippen LogP contribution in [0.25, 0.3) is 0 Å². The summed E-state index contributed by atoms with van der Waals surface area (Å²) < 4.78 is 20.9. The summed E-state index contributed by atoms with van der Waals surface area (Å²) in [6.07, 6.45) is 0.